The van der Waals surface area contributed by atoms with Crippen LogP contribution >= 0.6 is 11.8 Å². The fraction of sp³-hybridized carbons (Fsp3) is 0.632. The second-order valence-corrected chi connectivity index (χ2v) is 8.63. The second-order valence-electron chi connectivity index (χ2n) is 7.42. The molecule has 1 amide bonds. The summed E-state index contributed by atoms with van der Waals surface area (Å²) in [6, 6.07) is 9.12. The lowest BCUT2D eigenvalue weighted by atomic mass is 9.67. The minimum atomic E-state index is -0.0312. The number of nitrogens with one attached hydrogen (secondary N) is 1. The molecule has 4 heteroatoms. The minimum Gasteiger partial charge on any atom is -0.352 e. The highest BCUT2D eigenvalue weighted by Gasteiger charge is 2.41. The van der Waals surface area contributed by atoms with Crippen molar-refractivity contribution >= 4 is 17.7 Å². The summed E-state index contributed by atoms with van der Waals surface area (Å²) >= 11 is 1.79. The topological polar surface area (TPSA) is 55.1 Å². The van der Waals surface area contributed by atoms with Crippen LogP contribution in [0.25, 0.3) is 0 Å². The van der Waals surface area contributed by atoms with Gasteiger partial charge in [-0.1, -0.05) is 30.7 Å². The maximum Gasteiger partial charge on any atom is 0.237 e. The highest BCUT2D eigenvalue weighted by atomic mass is 32.2. The van der Waals surface area contributed by atoms with Crippen LogP contribution in [-0.4, -0.2) is 23.7 Å². The van der Waals surface area contributed by atoms with E-state index in [1.807, 2.05) is 0 Å². The number of carbonyl (C=O) groups excluding carboxylic acids is 1. The standard InChI is InChI=1S/C19H26N2OS/c20-15-10-13-5-3-6-14(11-15)17(13)21-19(22)18-16-7-2-1-4-12(16)8-9-23-18/h1-2,4,7,13-15,17-18H,3,5-6,8-11,20H2,(H,21,22). The fourth-order valence-corrected chi connectivity index (χ4v) is 6.08. The smallest absolute Gasteiger partial charge is 0.237 e. The summed E-state index contributed by atoms with van der Waals surface area (Å²) in [6.07, 6.45) is 6.99. The second kappa shape index (κ2) is 6.48. The Balaban J connectivity index is 1.50. The predicted molar refractivity (Wildman–Crippen MR) is 95.3 cm³/mol. The molecule has 3 unspecified atom stereocenters. The number of fused-ring (bicyclic) bond motifs is 3. The molecule has 0 radical (unpaired) electrons. The van der Waals surface area contributed by atoms with E-state index < -0.39 is 0 Å². The van der Waals surface area contributed by atoms with E-state index in [2.05, 4.69) is 29.6 Å². The van der Waals surface area contributed by atoms with E-state index in [1.54, 1.807) is 11.8 Å². The van der Waals surface area contributed by atoms with Gasteiger partial charge in [0.15, 0.2) is 0 Å². The Morgan fingerprint density at radius 2 is 1.91 bits per heavy atom. The number of benzene rings is 1. The molecule has 1 aliphatic heterocycles. The molecule has 0 saturated heterocycles. The molecular weight excluding hydrogens is 304 g/mol. The molecule has 2 aliphatic carbocycles. The maximum atomic E-state index is 13.0. The third-order valence-corrected chi connectivity index (χ3v) is 7.16. The van der Waals surface area contributed by atoms with E-state index in [0.717, 1.165) is 25.0 Å². The Labute approximate surface area is 142 Å². The van der Waals surface area contributed by atoms with Gasteiger partial charge in [0.05, 0.1) is 0 Å². The first-order valence-electron chi connectivity index (χ1n) is 8.97. The largest absolute Gasteiger partial charge is 0.352 e. The first-order chi connectivity index (χ1) is 11.2. The van der Waals surface area contributed by atoms with Gasteiger partial charge in [0.2, 0.25) is 5.91 Å². The molecule has 3 aliphatic rings. The number of rotatable bonds is 2. The van der Waals surface area contributed by atoms with E-state index in [0.29, 0.717) is 23.9 Å². The van der Waals surface area contributed by atoms with Crippen LogP contribution in [0.5, 0.6) is 0 Å². The summed E-state index contributed by atoms with van der Waals surface area (Å²) in [6.45, 7) is 0. The number of aryl methyl sites for hydroxylation is 1. The van der Waals surface area contributed by atoms with Gasteiger partial charge in [-0.2, -0.15) is 0 Å². The van der Waals surface area contributed by atoms with Crippen molar-refractivity contribution in [2.24, 2.45) is 17.6 Å². The van der Waals surface area contributed by atoms with Gasteiger partial charge in [-0.05, 0) is 60.8 Å². The van der Waals surface area contributed by atoms with Crippen molar-refractivity contribution in [1.82, 2.24) is 5.32 Å². The summed E-state index contributed by atoms with van der Waals surface area (Å²) < 4.78 is 0. The van der Waals surface area contributed by atoms with Crippen LogP contribution in [0.3, 0.4) is 0 Å². The van der Waals surface area contributed by atoms with Crippen LogP contribution in [0.1, 0.15) is 48.5 Å². The normalized spacial score (nSPS) is 36.1. The fourth-order valence-electron chi connectivity index (χ4n) is 4.88. The zero-order valence-corrected chi connectivity index (χ0v) is 14.4. The van der Waals surface area contributed by atoms with Gasteiger partial charge < -0.3 is 11.1 Å². The molecule has 0 aromatic heterocycles. The molecule has 3 nitrogen and oxygen atoms in total. The van der Waals surface area contributed by atoms with E-state index >= 15 is 0 Å². The van der Waals surface area contributed by atoms with Crippen LogP contribution in [-0.2, 0) is 11.2 Å². The zero-order chi connectivity index (χ0) is 15.8. The molecule has 4 rings (SSSR count). The van der Waals surface area contributed by atoms with E-state index in [9.17, 15) is 4.79 Å². The molecule has 124 valence electrons. The van der Waals surface area contributed by atoms with Gasteiger partial charge in [-0.25, -0.2) is 0 Å². The molecule has 1 aromatic rings. The van der Waals surface area contributed by atoms with Crippen molar-refractivity contribution < 1.29 is 4.79 Å². The van der Waals surface area contributed by atoms with Crippen molar-refractivity contribution in [3.05, 3.63) is 35.4 Å². The minimum absolute atomic E-state index is 0.0312. The zero-order valence-electron chi connectivity index (χ0n) is 13.5. The highest BCUT2D eigenvalue weighted by molar-refractivity contribution is 8.00. The van der Waals surface area contributed by atoms with Gasteiger partial charge >= 0.3 is 0 Å². The molecule has 1 heterocycles. The van der Waals surface area contributed by atoms with E-state index in [1.165, 1.54) is 30.4 Å². The number of amides is 1. The molecule has 2 fully saturated rings. The molecule has 2 saturated carbocycles. The van der Waals surface area contributed by atoms with Crippen LogP contribution in [0.2, 0.25) is 0 Å². The van der Waals surface area contributed by atoms with Crippen molar-refractivity contribution in [3.8, 4) is 0 Å². The summed E-state index contributed by atoms with van der Waals surface area (Å²) in [5.74, 6) is 2.44. The molecule has 23 heavy (non-hydrogen) atoms. The Kier molecular flexibility index (Phi) is 4.37. The van der Waals surface area contributed by atoms with Gasteiger partial charge in [0.25, 0.3) is 0 Å². The van der Waals surface area contributed by atoms with Gasteiger partial charge in [-0.15, -0.1) is 11.8 Å². The van der Waals surface area contributed by atoms with Gasteiger partial charge in [-0.3, -0.25) is 4.79 Å². The van der Waals surface area contributed by atoms with Crippen LogP contribution in [0, 0.1) is 11.8 Å². The SMILES string of the molecule is NC1CC2CCCC(C1)C2NC(=O)C1SCCc2ccccc21. The number of thioether (sulfide) groups is 1. The number of hydrogen-bond acceptors (Lipinski definition) is 3. The van der Waals surface area contributed by atoms with Crippen molar-refractivity contribution in [2.45, 2.75) is 55.9 Å². The van der Waals surface area contributed by atoms with Crippen LogP contribution in [0.4, 0.5) is 0 Å². The molecule has 3 atom stereocenters. The summed E-state index contributed by atoms with van der Waals surface area (Å²) in [4.78, 5) is 13.0. The van der Waals surface area contributed by atoms with Crippen LogP contribution < -0.4 is 11.1 Å². The Morgan fingerprint density at radius 1 is 1.17 bits per heavy atom. The lowest BCUT2D eigenvalue weighted by Crippen LogP contribution is -2.54. The Bertz CT molecular complexity index is 576. The van der Waals surface area contributed by atoms with Crippen molar-refractivity contribution in [1.29, 1.82) is 0 Å². The maximum absolute atomic E-state index is 13.0. The quantitative estimate of drug-likeness (QED) is 0.876. The van der Waals surface area contributed by atoms with E-state index in [4.69, 9.17) is 5.73 Å². The third kappa shape index (κ3) is 3.03. The van der Waals surface area contributed by atoms with Gasteiger partial charge in [0.1, 0.15) is 5.25 Å². The molecular formula is C19H26N2OS. The number of hydrogen-bond donors (Lipinski definition) is 2. The average molecular weight is 330 g/mol. The lowest BCUT2D eigenvalue weighted by Gasteiger charge is -2.45. The van der Waals surface area contributed by atoms with Crippen LogP contribution in [0.15, 0.2) is 24.3 Å². The summed E-state index contributed by atoms with van der Waals surface area (Å²) in [5.41, 5.74) is 8.77. The summed E-state index contributed by atoms with van der Waals surface area (Å²) in [5, 5.41) is 3.41. The predicted octanol–water partition coefficient (Wildman–Crippen LogP) is 3.04. The van der Waals surface area contributed by atoms with Gasteiger partial charge in [0, 0.05) is 12.1 Å². The average Bonchev–Trinajstić information content (AvgIpc) is 2.55. The van der Waals surface area contributed by atoms with Crippen molar-refractivity contribution in [2.75, 3.05) is 5.75 Å². The Morgan fingerprint density at radius 3 is 2.70 bits per heavy atom. The number of nitrogens with two attached hydrogens (primary N) is 1. The lowest BCUT2D eigenvalue weighted by molar-refractivity contribution is -0.123. The molecule has 2 bridgehead atoms. The van der Waals surface area contributed by atoms with Crippen molar-refractivity contribution in [3.63, 3.8) is 0 Å². The first kappa shape index (κ1) is 15.5. The molecule has 3 N–H and O–H groups in total. The molecule has 0 spiro atoms. The monoisotopic (exact) mass is 330 g/mol. The number of carbonyl (C=O) groups is 1. The Hall–Kier alpha value is -1.00. The third-order valence-electron chi connectivity index (χ3n) is 5.92. The van der Waals surface area contributed by atoms with E-state index in [-0.39, 0.29) is 11.2 Å². The highest BCUT2D eigenvalue weighted by Crippen LogP contribution is 2.41. The summed E-state index contributed by atoms with van der Waals surface area (Å²) in [7, 11) is 0. The first-order valence-corrected chi connectivity index (χ1v) is 10.0. The molecule has 1 aromatic carbocycles.